The van der Waals surface area contributed by atoms with Gasteiger partial charge in [-0.05, 0) is 37.6 Å². The van der Waals surface area contributed by atoms with Gasteiger partial charge in [-0.1, -0.05) is 29.8 Å². The van der Waals surface area contributed by atoms with E-state index >= 15 is 0 Å². The fourth-order valence-electron chi connectivity index (χ4n) is 2.11. The minimum atomic E-state index is -0.664. The van der Waals surface area contributed by atoms with Crippen molar-refractivity contribution in [3.05, 3.63) is 63.9 Å². The predicted octanol–water partition coefficient (Wildman–Crippen LogP) is 4.06. The molecule has 1 atom stereocenters. The predicted molar refractivity (Wildman–Crippen MR) is 83.1 cm³/mol. The van der Waals surface area contributed by atoms with Crippen molar-refractivity contribution in [2.45, 2.75) is 19.9 Å². The summed E-state index contributed by atoms with van der Waals surface area (Å²) in [7, 11) is 0. The van der Waals surface area contributed by atoms with Crippen LogP contribution in [0.25, 0.3) is 0 Å². The Labute approximate surface area is 127 Å². The molecule has 0 aliphatic carbocycles. The summed E-state index contributed by atoms with van der Waals surface area (Å²) in [6.45, 7) is 3.55. The first kappa shape index (κ1) is 15.3. The van der Waals surface area contributed by atoms with E-state index in [0.717, 1.165) is 11.6 Å². The number of primary amides is 1. The number of carbonyl (C=O) groups excluding carboxylic acids is 1. The van der Waals surface area contributed by atoms with Crippen LogP contribution < -0.4 is 11.1 Å². The van der Waals surface area contributed by atoms with Crippen molar-refractivity contribution in [2.24, 2.45) is 5.73 Å². The maximum absolute atomic E-state index is 13.9. The van der Waals surface area contributed by atoms with Crippen LogP contribution in [0.5, 0.6) is 0 Å². The molecule has 3 N–H and O–H groups in total. The summed E-state index contributed by atoms with van der Waals surface area (Å²) < 4.78 is 13.9. The molecule has 21 heavy (non-hydrogen) atoms. The number of nitrogens with two attached hydrogens (primary N) is 1. The quantitative estimate of drug-likeness (QED) is 0.895. The van der Waals surface area contributed by atoms with Crippen LogP contribution in [0.3, 0.4) is 0 Å². The van der Waals surface area contributed by atoms with Crippen LogP contribution in [0.1, 0.15) is 34.5 Å². The van der Waals surface area contributed by atoms with E-state index < -0.39 is 11.7 Å². The van der Waals surface area contributed by atoms with Gasteiger partial charge >= 0.3 is 0 Å². The molecule has 0 spiro atoms. The van der Waals surface area contributed by atoms with Gasteiger partial charge in [0.2, 0.25) is 5.91 Å². The third-order valence-electron chi connectivity index (χ3n) is 3.37. The zero-order valence-corrected chi connectivity index (χ0v) is 12.5. The summed E-state index contributed by atoms with van der Waals surface area (Å²) in [5.74, 6) is -1.14. The molecule has 0 aromatic heterocycles. The van der Waals surface area contributed by atoms with E-state index in [0.29, 0.717) is 16.3 Å². The third-order valence-corrected chi connectivity index (χ3v) is 3.72. The second kappa shape index (κ2) is 6.14. The zero-order chi connectivity index (χ0) is 15.6. The molecule has 0 aliphatic rings. The van der Waals surface area contributed by atoms with Crippen molar-refractivity contribution in [2.75, 3.05) is 5.32 Å². The third kappa shape index (κ3) is 3.34. The maximum Gasteiger partial charge on any atom is 0.248 e. The number of benzene rings is 2. The van der Waals surface area contributed by atoms with Crippen LogP contribution in [0.15, 0.2) is 36.4 Å². The van der Waals surface area contributed by atoms with Crippen molar-refractivity contribution in [3.63, 3.8) is 0 Å². The van der Waals surface area contributed by atoms with E-state index in [1.807, 2.05) is 25.1 Å². The van der Waals surface area contributed by atoms with Crippen LogP contribution in [0.4, 0.5) is 10.1 Å². The maximum atomic E-state index is 13.9. The second-order valence-corrected chi connectivity index (χ2v) is 5.29. The van der Waals surface area contributed by atoms with E-state index in [1.165, 1.54) is 0 Å². The van der Waals surface area contributed by atoms with Crippen molar-refractivity contribution in [1.82, 2.24) is 0 Å². The van der Waals surface area contributed by atoms with Crippen molar-refractivity contribution in [1.29, 1.82) is 0 Å². The molecule has 2 aromatic rings. The lowest BCUT2D eigenvalue weighted by Gasteiger charge is -2.19. The van der Waals surface area contributed by atoms with Crippen molar-refractivity contribution in [3.8, 4) is 0 Å². The Balaban J connectivity index is 2.35. The second-order valence-electron chi connectivity index (χ2n) is 4.88. The molecule has 1 amide bonds. The van der Waals surface area contributed by atoms with Crippen LogP contribution >= 0.6 is 11.6 Å². The normalized spacial score (nSPS) is 12.0. The molecule has 0 radical (unpaired) electrons. The van der Waals surface area contributed by atoms with E-state index in [1.54, 1.807) is 19.1 Å². The number of hydrogen-bond donors (Lipinski definition) is 2. The molecule has 2 aromatic carbocycles. The number of carbonyl (C=O) groups is 1. The smallest absolute Gasteiger partial charge is 0.248 e. The lowest BCUT2D eigenvalue weighted by Crippen LogP contribution is -2.14. The Bertz CT molecular complexity index is 688. The van der Waals surface area contributed by atoms with E-state index in [2.05, 4.69) is 5.32 Å². The molecular formula is C16H16ClFN2O. The van der Waals surface area contributed by atoms with Gasteiger partial charge < -0.3 is 11.1 Å². The van der Waals surface area contributed by atoms with Crippen LogP contribution in [0, 0.1) is 12.7 Å². The number of halogens is 2. The van der Waals surface area contributed by atoms with Gasteiger partial charge in [-0.25, -0.2) is 4.39 Å². The number of hydrogen-bond acceptors (Lipinski definition) is 2. The van der Waals surface area contributed by atoms with Gasteiger partial charge in [0, 0.05) is 21.8 Å². The number of anilines is 1. The molecule has 0 fully saturated rings. The number of nitrogens with one attached hydrogen (secondary N) is 1. The van der Waals surface area contributed by atoms with Crippen molar-refractivity contribution < 1.29 is 9.18 Å². The molecule has 0 aliphatic heterocycles. The average molecular weight is 307 g/mol. The Morgan fingerprint density at radius 1 is 1.33 bits per heavy atom. The Kier molecular flexibility index (Phi) is 4.48. The molecule has 110 valence electrons. The van der Waals surface area contributed by atoms with Gasteiger partial charge in [-0.3, -0.25) is 4.79 Å². The first-order chi connectivity index (χ1) is 9.90. The first-order valence-corrected chi connectivity index (χ1v) is 6.89. The highest BCUT2D eigenvalue weighted by molar-refractivity contribution is 6.31. The Morgan fingerprint density at radius 2 is 2.00 bits per heavy atom. The van der Waals surface area contributed by atoms with E-state index in [-0.39, 0.29) is 11.6 Å². The molecule has 5 heteroatoms. The first-order valence-electron chi connectivity index (χ1n) is 6.51. The standard InChI is InChI=1S/C16H16ClFN2O/c1-9-14(18)7-11(16(19)21)8-15(9)20-10(2)12-5-3-4-6-13(12)17/h3-8,10,20H,1-2H3,(H2,19,21). The summed E-state index contributed by atoms with van der Waals surface area (Å²) in [6, 6.07) is 9.97. The summed E-state index contributed by atoms with van der Waals surface area (Å²) in [4.78, 5) is 11.2. The largest absolute Gasteiger partial charge is 0.378 e. The van der Waals surface area contributed by atoms with Crippen LogP contribution in [-0.4, -0.2) is 5.91 Å². The SMILES string of the molecule is Cc1c(F)cc(C(N)=O)cc1NC(C)c1ccccc1Cl. The molecule has 0 saturated carbocycles. The average Bonchev–Trinajstić information content (AvgIpc) is 2.43. The fraction of sp³-hybridized carbons (Fsp3) is 0.188. The minimum absolute atomic E-state index is 0.131. The molecule has 0 bridgehead atoms. The molecular weight excluding hydrogens is 291 g/mol. The summed E-state index contributed by atoms with van der Waals surface area (Å²) in [6.07, 6.45) is 0. The van der Waals surface area contributed by atoms with Gasteiger partial charge in [0.1, 0.15) is 5.82 Å². The van der Waals surface area contributed by atoms with Gasteiger partial charge in [0.25, 0.3) is 0 Å². The van der Waals surface area contributed by atoms with E-state index in [9.17, 15) is 9.18 Å². The van der Waals surface area contributed by atoms with Gasteiger partial charge in [-0.15, -0.1) is 0 Å². The van der Waals surface area contributed by atoms with Gasteiger partial charge in [0.15, 0.2) is 0 Å². The molecule has 3 nitrogen and oxygen atoms in total. The highest BCUT2D eigenvalue weighted by Crippen LogP contribution is 2.28. The molecule has 0 saturated heterocycles. The number of rotatable bonds is 4. The molecule has 0 heterocycles. The van der Waals surface area contributed by atoms with Crippen LogP contribution in [0.2, 0.25) is 5.02 Å². The zero-order valence-electron chi connectivity index (χ0n) is 11.8. The topological polar surface area (TPSA) is 55.1 Å². The summed E-state index contributed by atoms with van der Waals surface area (Å²) >= 11 is 6.15. The molecule has 2 rings (SSSR count). The van der Waals surface area contributed by atoms with E-state index in [4.69, 9.17) is 17.3 Å². The summed E-state index contributed by atoms with van der Waals surface area (Å²) in [5.41, 5.74) is 7.19. The van der Waals surface area contributed by atoms with Gasteiger partial charge in [0.05, 0.1) is 6.04 Å². The molecule has 1 unspecified atom stereocenters. The Morgan fingerprint density at radius 3 is 2.62 bits per heavy atom. The minimum Gasteiger partial charge on any atom is -0.378 e. The monoisotopic (exact) mass is 306 g/mol. The van der Waals surface area contributed by atoms with Crippen molar-refractivity contribution >= 4 is 23.2 Å². The number of amides is 1. The van der Waals surface area contributed by atoms with Crippen LogP contribution in [-0.2, 0) is 0 Å². The summed E-state index contributed by atoms with van der Waals surface area (Å²) in [5, 5.41) is 3.80. The Hall–Kier alpha value is -2.07. The lowest BCUT2D eigenvalue weighted by molar-refractivity contribution is 0.1000. The highest BCUT2D eigenvalue weighted by atomic mass is 35.5. The van der Waals surface area contributed by atoms with Gasteiger partial charge in [-0.2, -0.15) is 0 Å². The fourth-order valence-corrected chi connectivity index (χ4v) is 2.41. The highest BCUT2D eigenvalue weighted by Gasteiger charge is 2.14. The lowest BCUT2D eigenvalue weighted by atomic mass is 10.0.